The van der Waals surface area contributed by atoms with Crippen molar-refractivity contribution in [2.75, 3.05) is 23.8 Å². The second kappa shape index (κ2) is 8.51. The van der Waals surface area contributed by atoms with Crippen LogP contribution in [0.25, 0.3) is 10.9 Å². The summed E-state index contributed by atoms with van der Waals surface area (Å²) in [6, 6.07) is 11.2. The van der Waals surface area contributed by atoms with E-state index in [4.69, 9.17) is 16.3 Å². The lowest BCUT2D eigenvalue weighted by atomic mass is 9.94. The van der Waals surface area contributed by atoms with Crippen LogP contribution in [0.1, 0.15) is 24.1 Å². The summed E-state index contributed by atoms with van der Waals surface area (Å²) < 4.78 is 4.77. The molecule has 0 saturated heterocycles. The fourth-order valence-electron chi connectivity index (χ4n) is 3.50. The summed E-state index contributed by atoms with van der Waals surface area (Å²) in [5, 5.41) is 7.65. The number of rotatable bonds is 5. The molecular weight excluding hydrogens is 404 g/mol. The van der Waals surface area contributed by atoms with E-state index in [1.165, 1.54) is 0 Å². The Balaban J connectivity index is 1.63. The van der Waals surface area contributed by atoms with Crippen molar-refractivity contribution < 1.29 is 14.3 Å². The summed E-state index contributed by atoms with van der Waals surface area (Å²) >= 11 is 6.10. The Morgan fingerprint density at radius 3 is 2.93 bits per heavy atom. The van der Waals surface area contributed by atoms with Crippen LogP contribution in [0.15, 0.2) is 54.9 Å². The van der Waals surface area contributed by atoms with Crippen molar-refractivity contribution >= 4 is 45.8 Å². The number of esters is 1. The Morgan fingerprint density at radius 1 is 1.23 bits per heavy atom. The summed E-state index contributed by atoms with van der Waals surface area (Å²) in [7, 11) is 0. The SMILES string of the molecule is CCOC(=O)C=CC(=O)Nc1ccc2ncnc(C3CNc4cc(Cl)ccc43)c2c1. The third-order valence-electron chi connectivity index (χ3n) is 4.81. The molecule has 0 fully saturated rings. The van der Waals surface area contributed by atoms with Crippen LogP contribution in [0.3, 0.4) is 0 Å². The number of amides is 1. The van der Waals surface area contributed by atoms with Gasteiger partial charge < -0.3 is 15.4 Å². The average Bonchev–Trinajstić information content (AvgIpc) is 3.15. The zero-order chi connectivity index (χ0) is 21.1. The van der Waals surface area contributed by atoms with Crippen molar-refractivity contribution in [1.82, 2.24) is 9.97 Å². The Bertz CT molecular complexity index is 1160. The van der Waals surface area contributed by atoms with Crippen molar-refractivity contribution in [3.63, 3.8) is 0 Å². The number of ether oxygens (including phenoxy) is 1. The molecule has 1 amide bonds. The number of anilines is 2. The smallest absolute Gasteiger partial charge is 0.330 e. The fourth-order valence-corrected chi connectivity index (χ4v) is 3.67. The highest BCUT2D eigenvalue weighted by molar-refractivity contribution is 6.30. The monoisotopic (exact) mass is 422 g/mol. The second-order valence-electron chi connectivity index (χ2n) is 6.73. The Morgan fingerprint density at radius 2 is 2.10 bits per heavy atom. The van der Waals surface area contributed by atoms with E-state index in [0.29, 0.717) is 17.3 Å². The molecule has 0 spiro atoms. The Kier molecular flexibility index (Phi) is 5.63. The standard InChI is InChI=1S/C22H19ClN4O3/c1-2-30-21(29)8-7-20(28)27-14-4-6-18-16(10-14)22(26-12-25-18)17-11-24-19-9-13(23)3-5-15(17)19/h3-10,12,17,24H,2,11H2,1H3,(H,27,28). The van der Waals surface area contributed by atoms with Crippen LogP contribution >= 0.6 is 11.6 Å². The maximum Gasteiger partial charge on any atom is 0.330 e. The summed E-state index contributed by atoms with van der Waals surface area (Å²) in [5.74, 6) is -0.949. The van der Waals surface area contributed by atoms with E-state index in [0.717, 1.165) is 40.0 Å². The number of carbonyl (C=O) groups is 2. The van der Waals surface area contributed by atoms with Crippen LogP contribution in [0, 0.1) is 0 Å². The molecule has 2 heterocycles. The molecule has 7 nitrogen and oxygen atoms in total. The molecule has 1 aromatic heterocycles. The minimum Gasteiger partial charge on any atom is -0.463 e. The number of nitrogens with one attached hydrogen (secondary N) is 2. The molecule has 152 valence electrons. The minimum atomic E-state index is -0.561. The topological polar surface area (TPSA) is 93.2 Å². The van der Waals surface area contributed by atoms with Crippen molar-refractivity contribution in [3.8, 4) is 0 Å². The van der Waals surface area contributed by atoms with Crippen LogP contribution in [-0.4, -0.2) is 35.0 Å². The van der Waals surface area contributed by atoms with Crippen LogP contribution in [0.4, 0.5) is 11.4 Å². The maximum atomic E-state index is 12.1. The lowest BCUT2D eigenvalue weighted by molar-refractivity contribution is -0.137. The Hall–Kier alpha value is -3.45. The van der Waals surface area contributed by atoms with E-state index in [2.05, 4.69) is 20.6 Å². The molecule has 0 bridgehead atoms. The molecule has 0 aliphatic carbocycles. The number of halogens is 1. The van der Waals surface area contributed by atoms with Crippen molar-refractivity contribution in [2.24, 2.45) is 0 Å². The predicted octanol–water partition coefficient (Wildman–Crippen LogP) is 3.90. The number of aromatic nitrogens is 2. The highest BCUT2D eigenvalue weighted by Crippen LogP contribution is 2.39. The first-order valence-corrected chi connectivity index (χ1v) is 9.86. The molecule has 1 aliphatic rings. The van der Waals surface area contributed by atoms with E-state index in [1.54, 1.807) is 19.3 Å². The third-order valence-corrected chi connectivity index (χ3v) is 5.04. The first kappa shape index (κ1) is 19.8. The highest BCUT2D eigenvalue weighted by Gasteiger charge is 2.26. The number of hydrogen-bond donors (Lipinski definition) is 2. The maximum absolute atomic E-state index is 12.1. The molecule has 1 aliphatic heterocycles. The van der Waals surface area contributed by atoms with Crippen LogP contribution in [0.5, 0.6) is 0 Å². The van der Waals surface area contributed by atoms with E-state index in [9.17, 15) is 9.59 Å². The van der Waals surface area contributed by atoms with Gasteiger partial charge in [0.1, 0.15) is 6.33 Å². The molecule has 4 rings (SSSR count). The van der Waals surface area contributed by atoms with Crippen molar-refractivity contribution in [1.29, 1.82) is 0 Å². The molecule has 2 aromatic carbocycles. The third kappa shape index (κ3) is 4.11. The van der Waals surface area contributed by atoms with Gasteiger partial charge in [0.2, 0.25) is 5.91 Å². The molecule has 0 radical (unpaired) electrons. The van der Waals surface area contributed by atoms with Gasteiger partial charge in [0.05, 0.1) is 17.8 Å². The number of hydrogen-bond acceptors (Lipinski definition) is 6. The van der Waals surface area contributed by atoms with E-state index in [1.807, 2.05) is 30.3 Å². The van der Waals surface area contributed by atoms with Gasteiger partial charge in [-0.05, 0) is 42.8 Å². The number of benzene rings is 2. The lowest BCUT2D eigenvalue weighted by Gasteiger charge is -2.13. The number of nitrogens with zero attached hydrogens (tertiary/aromatic N) is 2. The average molecular weight is 423 g/mol. The van der Waals surface area contributed by atoms with Gasteiger partial charge >= 0.3 is 5.97 Å². The van der Waals surface area contributed by atoms with Gasteiger partial charge in [0.25, 0.3) is 0 Å². The quantitative estimate of drug-likeness (QED) is 0.478. The van der Waals surface area contributed by atoms with E-state index in [-0.39, 0.29) is 12.5 Å². The van der Waals surface area contributed by atoms with Crippen molar-refractivity contribution in [2.45, 2.75) is 12.8 Å². The molecule has 1 atom stereocenters. The van der Waals surface area contributed by atoms with Crippen LogP contribution < -0.4 is 10.6 Å². The van der Waals surface area contributed by atoms with E-state index < -0.39 is 11.9 Å². The minimum absolute atomic E-state index is 0.0393. The lowest BCUT2D eigenvalue weighted by Crippen LogP contribution is -2.10. The molecule has 1 unspecified atom stereocenters. The summed E-state index contributed by atoms with van der Waals surface area (Å²) in [5.41, 5.74) is 4.34. The van der Waals surface area contributed by atoms with Gasteiger partial charge in [-0.25, -0.2) is 14.8 Å². The number of fused-ring (bicyclic) bond motifs is 2. The first-order chi connectivity index (χ1) is 14.5. The predicted molar refractivity (Wildman–Crippen MR) is 116 cm³/mol. The Labute approximate surface area is 178 Å². The first-order valence-electron chi connectivity index (χ1n) is 9.49. The highest BCUT2D eigenvalue weighted by atomic mass is 35.5. The largest absolute Gasteiger partial charge is 0.463 e. The van der Waals surface area contributed by atoms with Crippen LogP contribution in [-0.2, 0) is 14.3 Å². The van der Waals surface area contributed by atoms with Gasteiger partial charge in [0.15, 0.2) is 0 Å². The summed E-state index contributed by atoms with van der Waals surface area (Å²) in [6.45, 7) is 2.65. The van der Waals surface area contributed by atoms with E-state index >= 15 is 0 Å². The van der Waals surface area contributed by atoms with Crippen molar-refractivity contribution in [3.05, 3.63) is 71.2 Å². The summed E-state index contributed by atoms with van der Waals surface area (Å²) in [6.07, 6.45) is 3.79. The molecule has 2 N–H and O–H groups in total. The fraction of sp³-hybridized carbons (Fsp3) is 0.182. The molecule has 30 heavy (non-hydrogen) atoms. The zero-order valence-electron chi connectivity index (χ0n) is 16.2. The zero-order valence-corrected chi connectivity index (χ0v) is 16.9. The van der Waals surface area contributed by atoms with Gasteiger partial charge in [-0.3, -0.25) is 4.79 Å². The number of carbonyl (C=O) groups excluding carboxylic acids is 2. The molecular formula is C22H19ClN4O3. The molecule has 3 aromatic rings. The summed E-state index contributed by atoms with van der Waals surface area (Å²) in [4.78, 5) is 32.4. The van der Waals surface area contributed by atoms with Gasteiger partial charge in [-0.1, -0.05) is 17.7 Å². The van der Waals surface area contributed by atoms with Gasteiger partial charge in [-0.15, -0.1) is 0 Å². The normalized spacial score (nSPS) is 15.1. The van der Waals surface area contributed by atoms with Gasteiger partial charge in [0, 0.05) is 46.4 Å². The second-order valence-corrected chi connectivity index (χ2v) is 7.17. The van der Waals surface area contributed by atoms with Crippen LogP contribution in [0.2, 0.25) is 5.02 Å². The van der Waals surface area contributed by atoms with Gasteiger partial charge in [-0.2, -0.15) is 0 Å². The molecule has 8 heteroatoms. The molecule has 0 saturated carbocycles.